The standard InChI is InChI=1S/C18H19NO/c1-2-13-12-15-10-6-7-11-16(15)17(13)19-18(20)14-8-4-3-5-9-14/h3-11,13,17H,2,12H2,1H3,(H,19,20). The molecule has 3 rings (SSSR count). The molecule has 2 aromatic carbocycles. The molecule has 2 nitrogen and oxygen atoms in total. The van der Waals surface area contributed by atoms with Gasteiger partial charge in [0.1, 0.15) is 0 Å². The van der Waals surface area contributed by atoms with E-state index >= 15 is 0 Å². The van der Waals surface area contributed by atoms with E-state index in [9.17, 15) is 4.79 Å². The van der Waals surface area contributed by atoms with Crippen molar-refractivity contribution < 1.29 is 4.79 Å². The van der Waals surface area contributed by atoms with E-state index in [0.29, 0.717) is 5.92 Å². The van der Waals surface area contributed by atoms with Gasteiger partial charge in [0.05, 0.1) is 6.04 Å². The Morgan fingerprint density at radius 2 is 1.80 bits per heavy atom. The molecule has 0 radical (unpaired) electrons. The van der Waals surface area contributed by atoms with E-state index in [0.717, 1.165) is 18.4 Å². The minimum atomic E-state index is 0.0192. The predicted octanol–water partition coefficient (Wildman–Crippen LogP) is 3.74. The Bertz CT molecular complexity index is 606. The van der Waals surface area contributed by atoms with Gasteiger partial charge in [0.15, 0.2) is 0 Å². The van der Waals surface area contributed by atoms with Gasteiger partial charge in [0.2, 0.25) is 0 Å². The first kappa shape index (κ1) is 12.9. The van der Waals surface area contributed by atoms with Crippen LogP contribution in [0, 0.1) is 5.92 Å². The quantitative estimate of drug-likeness (QED) is 0.900. The minimum Gasteiger partial charge on any atom is -0.345 e. The summed E-state index contributed by atoms with van der Waals surface area (Å²) in [6.45, 7) is 2.19. The van der Waals surface area contributed by atoms with E-state index in [4.69, 9.17) is 0 Å². The summed E-state index contributed by atoms with van der Waals surface area (Å²) in [5, 5.41) is 3.21. The first-order chi connectivity index (χ1) is 9.79. The fraction of sp³-hybridized carbons (Fsp3) is 0.278. The number of nitrogens with one attached hydrogen (secondary N) is 1. The molecule has 2 heteroatoms. The summed E-state index contributed by atoms with van der Waals surface area (Å²) in [4.78, 5) is 12.4. The summed E-state index contributed by atoms with van der Waals surface area (Å²) in [6.07, 6.45) is 2.14. The van der Waals surface area contributed by atoms with E-state index in [-0.39, 0.29) is 11.9 Å². The van der Waals surface area contributed by atoms with Gasteiger partial charge in [-0.1, -0.05) is 55.8 Å². The molecular weight excluding hydrogens is 246 g/mol. The van der Waals surface area contributed by atoms with Gasteiger partial charge in [-0.15, -0.1) is 0 Å². The summed E-state index contributed by atoms with van der Waals surface area (Å²) in [5.74, 6) is 0.519. The molecule has 0 heterocycles. The van der Waals surface area contributed by atoms with Crippen LogP contribution in [-0.4, -0.2) is 5.91 Å². The first-order valence-corrected chi connectivity index (χ1v) is 7.23. The molecule has 0 saturated carbocycles. The summed E-state index contributed by atoms with van der Waals surface area (Å²) in [5.41, 5.74) is 3.38. The average molecular weight is 265 g/mol. The van der Waals surface area contributed by atoms with Crippen LogP contribution in [0.5, 0.6) is 0 Å². The van der Waals surface area contributed by atoms with Crippen molar-refractivity contribution >= 4 is 5.91 Å². The fourth-order valence-corrected chi connectivity index (χ4v) is 3.07. The lowest BCUT2D eigenvalue weighted by Crippen LogP contribution is -2.31. The van der Waals surface area contributed by atoms with Gasteiger partial charge in [-0.2, -0.15) is 0 Å². The largest absolute Gasteiger partial charge is 0.345 e. The van der Waals surface area contributed by atoms with Crippen LogP contribution in [0.4, 0.5) is 0 Å². The molecule has 0 spiro atoms. The van der Waals surface area contributed by atoms with Gasteiger partial charge in [-0.25, -0.2) is 0 Å². The second-order valence-electron chi connectivity index (χ2n) is 5.39. The minimum absolute atomic E-state index is 0.0192. The molecule has 2 unspecified atom stereocenters. The number of carbonyl (C=O) groups excluding carboxylic acids is 1. The van der Waals surface area contributed by atoms with Crippen molar-refractivity contribution in [1.29, 1.82) is 0 Å². The highest BCUT2D eigenvalue weighted by atomic mass is 16.1. The number of amides is 1. The molecule has 0 bridgehead atoms. The first-order valence-electron chi connectivity index (χ1n) is 7.23. The maximum atomic E-state index is 12.4. The van der Waals surface area contributed by atoms with E-state index in [1.165, 1.54) is 11.1 Å². The number of benzene rings is 2. The van der Waals surface area contributed by atoms with Crippen LogP contribution in [0.3, 0.4) is 0 Å². The monoisotopic (exact) mass is 265 g/mol. The molecule has 2 aromatic rings. The number of rotatable bonds is 3. The van der Waals surface area contributed by atoms with Crippen molar-refractivity contribution in [1.82, 2.24) is 5.32 Å². The van der Waals surface area contributed by atoms with Gasteiger partial charge < -0.3 is 5.32 Å². The predicted molar refractivity (Wildman–Crippen MR) is 80.6 cm³/mol. The van der Waals surface area contributed by atoms with E-state index in [1.807, 2.05) is 30.3 Å². The van der Waals surface area contributed by atoms with Gasteiger partial charge in [-0.05, 0) is 35.6 Å². The Kier molecular flexibility index (Phi) is 3.55. The molecule has 2 atom stereocenters. The molecule has 1 amide bonds. The number of hydrogen-bond acceptors (Lipinski definition) is 1. The zero-order valence-corrected chi connectivity index (χ0v) is 11.7. The third-order valence-corrected chi connectivity index (χ3v) is 4.19. The van der Waals surface area contributed by atoms with E-state index in [2.05, 4.69) is 36.5 Å². The Morgan fingerprint density at radius 3 is 2.55 bits per heavy atom. The normalized spacial score (nSPS) is 20.4. The molecule has 102 valence electrons. The maximum Gasteiger partial charge on any atom is 0.251 e. The molecule has 0 aliphatic heterocycles. The molecule has 1 aliphatic carbocycles. The average Bonchev–Trinajstić information content (AvgIpc) is 2.86. The molecular formula is C18H19NO. The van der Waals surface area contributed by atoms with Crippen LogP contribution in [-0.2, 0) is 6.42 Å². The van der Waals surface area contributed by atoms with Crippen LogP contribution in [0.15, 0.2) is 54.6 Å². The smallest absolute Gasteiger partial charge is 0.251 e. The lowest BCUT2D eigenvalue weighted by molar-refractivity contribution is 0.0924. The molecule has 1 aliphatic rings. The number of hydrogen-bond donors (Lipinski definition) is 1. The zero-order valence-electron chi connectivity index (χ0n) is 11.7. The van der Waals surface area contributed by atoms with Gasteiger partial charge in [0, 0.05) is 5.56 Å². The van der Waals surface area contributed by atoms with Crippen molar-refractivity contribution in [2.75, 3.05) is 0 Å². The van der Waals surface area contributed by atoms with Crippen LogP contribution >= 0.6 is 0 Å². The van der Waals surface area contributed by atoms with Crippen molar-refractivity contribution in [2.24, 2.45) is 5.92 Å². The van der Waals surface area contributed by atoms with Crippen LogP contribution in [0.1, 0.15) is 40.9 Å². The molecule has 20 heavy (non-hydrogen) atoms. The fourth-order valence-electron chi connectivity index (χ4n) is 3.07. The third-order valence-electron chi connectivity index (χ3n) is 4.19. The number of carbonyl (C=O) groups is 1. The van der Waals surface area contributed by atoms with Crippen LogP contribution in [0.25, 0.3) is 0 Å². The molecule has 1 N–H and O–H groups in total. The van der Waals surface area contributed by atoms with Gasteiger partial charge in [-0.3, -0.25) is 4.79 Å². The SMILES string of the molecule is CCC1Cc2ccccc2C1NC(=O)c1ccccc1. The molecule has 0 aromatic heterocycles. The number of fused-ring (bicyclic) bond motifs is 1. The van der Waals surface area contributed by atoms with Crippen molar-refractivity contribution in [3.63, 3.8) is 0 Å². The van der Waals surface area contributed by atoms with Crippen LogP contribution < -0.4 is 5.32 Å². The second-order valence-corrected chi connectivity index (χ2v) is 5.39. The van der Waals surface area contributed by atoms with Crippen molar-refractivity contribution in [2.45, 2.75) is 25.8 Å². The maximum absolute atomic E-state index is 12.4. The van der Waals surface area contributed by atoms with Crippen LogP contribution in [0.2, 0.25) is 0 Å². The summed E-state index contributed by atoms with van der Waals surface area (Å²) >= 11 is 0. The Balaban J connectivity index is 1.84. The highest BCUT2D eigenvalue weighted by molar-refractivity contribution is 5.94. The lowest BCUT2D eigenvalue weighted by Gasteiger charge is -2.21. The van der Waals surface area contributed by atoms with Crippen molar-refractivity contribution in [3.8, 4) is 0 Å². The highest BCUT2D eigenvalue weighted by Crippen LogP contribution is 2.37. The second kappa shape index (κ2) is 5.49. The molecule has 0 saturated heterocycles. The van der Waals surface area contributed by atoms with Gasteiger partial charge >= 0.3 is 0 Å². The summed E-state index contributed by atoms with van der Waals surface area (Å²) in [7, 11) is 0. The Morgan fingerprint density at radius 1 is 1.10 bits per heavy atom. The van der Waals surface area contributed by atoms with E-state index in [1.54, 1.807) is 0 Å². The third kappa shape index (κ3) is 2.34. The highest BCUT2D eigenvalue weighted by Gasteiger charge is 2.32. The Hall–Kier alpha value is -2.09. The summed E-state index contributed by atoms with van der Waals surface area (Å²) in [6, 6.07) is 18.0. The van der Waals surface area contributed by atoms with E-state index < -0.39 is 0 Å². The zero-order chi connectivity index (χ0) is 13.9. The van der Waals surface area contributed by atoms with Gasteiger partial charge in [0.25, 0.3) is 5.91 Å². The molecule has 0 fully saturated rings. The summed E-state index contributed by atoms with van der Waals surface area (Å²) < 4.78 is 0. The van der Waals surface area contributed by atoms with Crippen molar-refractivity contribution in [3.05, 3.63) is 71.3 Å². The topological polar surface area (TPSA) is 29.1 Å². The lowest BCUT2D eigenvalue weighted by atomic mass is 9.97. The Labute approximate surface area is 119 Å².